The SMILES string of the molecule is CCNC(CN(C)CCOCC1CC1)C(C)CC. The molecular weight excluding hydrogens is 224 g/mol. The highest BCUT2D eigenvalue weighted by atomic mass is 16.5. The molecule has 1 aliphatic carbocycles. The Morgan fingerprint density at radius 3 is 2.61 bits per heavy atom. The van der Waals surface area contributed by atoms with Gasteiger partial charge in [-0.25, -0.2) is 0 Å². The average Bonchev–Trinajstić information content (AvgIpc) is 3.17. The second-order valence-electron chi connectivity index (χ2n) is 5.83. The third-order valence-corrected chi connectivity index (χ3v) is 3.97. The van der Waals surface area contributed by atoms with Gasteiger partial charge in [0.25, 0.3) is 0 Å². The topological polar surface area (TPSA) is 24.5 Å². The maximum Gasteiger partial charge on any atom is 0.0593 e. The molecule has 0 aromatic carbocycles. The van der Waals surface area contributed by atoms with Gasteiger partial charge in [0.05, 0.1) is 6.61 Å². The van der Waals surface area contributed by atoms with E-state index in [0.717, 1.165) is 44.7 Å². The number of hydrogen-bond acceptors (Lipinski definition) is 3. The van der Waals surface area contributed by atoms with Crippen LogP contribution in [-0.2, 0) is 4.74 Å². The Morgan fingerprint density at radius 1 is 1.33 bits per heavy atom. The normalized spacial score (nSPS) is 19.2. The molecule has 0 amide bonds. The fourth-order valence-electron chi connectivity index (χ4n) is 2.17. The van der Waals surface area contributed by atoms with Crippen LogP contribution in [0.4, 0.5) is 0 Å². The molecule has 0 saturated heterocycles. The van der Waals surface area contributed by atoms with Gasteiger partial charge in [-0.05, 0) is 38.3 Å². The van der Waals surface area contributed by atoms with Gasteiger partial charge < -0.3 is 15.0 Å². The summed E-state index contributed by atoms with van der Waals surface area (Å²) in [5.74, 6) is 1.62. The fourth-order valence-corrected chi connectivity index (χ4v) is 2.17. The maximum atomic E-state index is 5.69. The summed E-state index contributed by atoms with van der Waals surface area (Å²) >= 11 is 0. The lowest BCUT2D eigenvalue weighted by molar-refractivity contribution is 0.0984. The Labute approximate surface area is 113 Å². The van der Waals surface area contributed by atoms with Crippen LogP contribution in [0, 0.1) is 11.8 Å². The number of rotatable bonds is 11. The summed E-state index contributed by atoms with van der Waals surface area (Å²) in [6, 6.07) is 0.605. The zero-order valence-electron chi connectivity index (χ0n) is 12.7. The van der Waals surface area contributed by atoms with Crippen LogP contribution < -0.4 is 5.32 Å². The van der Waals surface area contributed by atoms with Crippen LogP contribution in [0.15, 0.2) is 0 Å². The van der Waals surface area contributed by atoms with E-state index in [1.54, 1.807) is 0 Å². The second-order valence-corrected chi connectivity index (χ2v) is 5.83. The number of hydrogen-bond donors (Lipinski definition) is 1. The lowest BCUT2D eigenvalue weighted by Gasteiger charge is -2.28. The molecule has 1 aliphatic rings. The lowest BCUT2D eigenvalue weighted by Crippen LogP contribution is -2.44. The van der Waals surface area contributed by atoms with E-state index < -0.39 is 0 Å². The van der Waals surface area contributed by atoms with Gasteiger partial charge in [0, 0.05) is 25.7 Å². The van der Waals surface area contributed by atoms with E-state index in [4.69, 9.17) is 4.74 Å². The largest absolute Gasteiger partial charge is 0.380 e. The van der Waals surface area contributed by atoms with Gasteiger partial charge in [0.1, 0.15) is 0 Å². The predicted molar refractivity (Wildman–Crippen MR) is 78.0 cm³/mol. The summed E-state index contributed by atoms with van der Waals surface area (Å²) in [5, 5.41) is 3.60. The van der Waals surface area contributed by atoms with Crippen LogP contribution in [0.25, 0.3) is 0 Å². The fraction of sp³-hybridized carbons (Fsp3) is 1.00. The molecule has 108 valence electrons. The van der Waals surface area contributed by atoms with Gasteiger partial charge in [-0.2, -0.15) is 0 Å². The van der Waals surface area contributed by atoms with Crippen LogP contribution in [0.1, 0.15) is 40.0 Å². The van der Waals surface area contributed by atoms with Gasteiger partial charge in [0.15, 0.2) is 0 Å². The van der Waals surface area contributed by atoms with E-state index in [1.807, 2.05) is 0 Å². The van der Waals surface area contributed by atoms with Gasteiger partial charge in [-0.1, -0.05) is 27.2 Å². The Kier molecular flexibility index (Phi) is 7.87. The highest BCUT2D eigenvalue weighted by Gasteiger charge is 2.21. The van der Waals surface area contributed by atoms with Gasteiger partial charge >= 0.3 is 0 Å². The minimum absolute atomic E-state index is 0.605. The molecule has 2 unspecified atom stereocenters. The van der Waals surface area contributed by atoms with Crippen molar-refractivity contribution in [2.45, 2.75) is 46.1 Å². The summed E-state index contributed by atoms with van der Waals surface area (Å²) in [4.78, 5) is 2.40. The molecule has 1 saturated carbocycles. The van der Waals surface area contributed by atoms with E-state index in [2.05, 4.69) is 38.0 Å². The Morgan fingerprint density at radius 2 is 2.06 bits per heavy atom. The summed E-state index contributed by atoms with van der Waals surface area (Å²) in [6.45, 7) is 11.9. The molecule has 0 heterocycles. The highest BCUT2D eigenvalue weighted by Crippen LogP contribution is 2.28. The number of nitrogens with zero attached hydrogens (tertiary/aromatic N) is 1. The van der Waals surface area contributed by atoms with E-state index >= 15 is 0 Å². The molecule has 3 heteroatoms. The summed E-state index contributed by atoms with van der Waals surface area (Å²) in [7, 11) is 2.20. The zero-order valence-corrected chi connectivity index (χ0v) is 12.7. The third-order valence-electron chi connectivity index (χ3n) is 3.97. The van der Waals surface area contributed by atoms with Crippen molar-refractivity contribution in [3.05, 3.63) is 0 Å². The first-order chi connectivity index (χ1) is 8.67. The number of nitrogens with one attached hydrogen (secondary N) is 1. The zero-order chi connectivity index (χ0) is 13.4. The first-order valence-corrected chi connectivity index (χ1v) is 7.67. The Balaban J connectivity index is 2.11. The molecule has 0 spiro atoms. The predicted octanol–water partition coefficient (Wildman–Crippen LogP) is 2.37. The summed E-state index contributed by atoms with van der Waals surface area (Å²) in [6.07, 6.45) is 4.00. The molecule has 2 atom stereocenters. The monoisotopic (exact) mass is 256 g/mol. The smallest absolute Gasteiger partial charge is 0.0593 e. The van der Waals surface area contributed by atoms with E-state index in [0.29, 0.717) is 6.04 Å². The lowest BCUT2D eigenvalue weighted by atomic mass is 9.99. The van der Waals surface area contributed by atoms with Gasteiger partial charge in [0.2, 0.25) is 0 Å². The standard InChI is InChI=1S/C15H32N2O/c1-5-13(3)15(16-6-2)11-17(4)9-10-18-12-14-7-8-14/h13-16H,5-12H2,1-4H3. The molecule has 3 nitrogen and oxygen atoms in total. The van der Waals surface area contributed by atoms with E-state index in [1.165, 1.54) is 19.3 Å². The molecule has 18 heavy (non-hydrogen) atoms. The van der Waals surface area contributed by atoms with Gasteiger partial charge in [-0.3, -0.25) is 0 Å². The van der Waals surface area contributed by atoms with Crippen molar-refractivity contribution >= 4 is 0 Å². The van der Waals surface area contributed by atoms with Crippen LogP contribution >= 0.6 is 0 Å². The summed E-state index contributed by atoms with van der Waals surface area (Å²) in [5.41, 5.74) is 0. The highest BCUT2D eigenvalue weighted by molar-refractivity contribution is 4.75. The third kappa shape index (κ3) is 6.72. The molecule has 0 aliphatic heterocycles. The van der Waals surface area contributed by atoms with E-state index in [-0.39, 0.29) is 0 Å². The minimum atomic E-state index is 0.605. The van der Waals surface area contributed by atoms with Gasteiger partial charge in [-0.15, -0.1) is 0 Å². The van der Waals surface area contributed by atoms with Crippen molar-refractivity contribution in [1.82, 2.24) is 10.2 Å². The first kappa shape index (κ1) is 15.9. The van der Waals surface area contributed by atoms with Crippen LogP contribution in [0.3, 0.4) is 0 Å². The Bertz CT molecular complexity index is 207. The minimum Gasteiger partial charge on any atom is -0.380 e. The molecule has 1 rings (SSSR count). The Hall–Kier alpha value is -0.120. The second kappa shape index (κ2) is 8.89. The molecule has 1 fully saturated rings. The average molecular weight is 256 g/mol. The first-order valence-electron chi connectivity index (χ1n) is 7.67. The molecule has 0 radical (unpaired) electrons. The van der Waals surface area contributed by atoms with Crippen LogP contribution in [-0.4, -0.2) is 50.8 Å². The molecule has 1 N–H and O–H groups in total. The summed E-state index contributed by atoms with van der Waals surface area (Å²) < 4.78 is 5.69. The molecular formula is C15H32N2O. The molecule has 0 aromatic heterocycles. The molecule has 0 aromatic rings. The van der Waals surface area contributed by atoms with Crippen molar-refractivity contribution in [2.75, 3.05) is 39.9 Å². The van der Waals surface area contributed by atoms with Crippen LogP contribution in [0.2, 0.25) is 0 Å². The van der Waals surface area contributed by atoms with Crippen molar-refractivity contribution in [3.63, 3.8) is 0 Å². The van der Waals surface area contributed by atoms with Crippen molar-refractivity contribution in [1.29, 1.82) is 0 Å². The number of ether oxygens (including phenoxy) is 1. The van der Waals surface area contributed by atoms with Crippen molar-refractivity contribution in [2.24, 2.45) is 11.8 Å². The van der Waals surface area contributed by atoms with E-state index in [9.17, 15) is 0 Å². The number of likely N-dealkylation sites (N-methyl/N-ethyl adjacent to an activating group) is 2. The van der Waals surface area contributed by atoms with Crippen LogP contribution in [0.5, 0.6) is 0 Å². The van der Waals surface area contributed by atoms with Crippen molar-refractivity contribution in [3.8, 4) is 0 Å². The maximum absolute atomic E-state index is 5.69. The van der Waals surface area contributed by atoms with Crippen molar-refractivity contribution < 1.29 is 4.74 Å². The quantitative estimate of drug-likeness (QED) is 0.574. The molecule has 0 bridgehead atoms.